The number of halogens is 1. The quantitative estimate of drug-likeness (QED) is 0.943. The van der Waals surface area contributed by atoms with E-state index in [-0.39, 0.29) is 5.82 Å². The molecule has 0 fully saturated rings. The van der Waals surface area contributed by atoms with Crippen molar-refractivity contribution in [1.29, 1.82) is 0 Å². The molecule has 0 spiro atoms. The second-order valence-corrected chi connectivity index (χ2v) is 5.05. The molecular formula is C16H17FN2O2. The van der Waals surface area contributed by atoms with Gasteiger partial charge in [-0.3, -0.25) is 4.98 Å². The summed E-state index contributed by atoms with van der Waals surface area (Å²) in [6.07, 6.45) is 1.82. The van der Waals surface area contributed by atoms with Crippen molar-refractivity contribution in [2.75, 3.05) is 13.2 Å². The fourth-order valence-corrected chi connectivity index (χ4v) is 2.49. The normalized spacial score (nSPS) is 16.3. The van der Waals surface area contributed by atoms with Crippen LogP contribution in [0.15, 0.2) is 36.5 Å². The molecule has 2 heterocycles. The van der Waals surface area contributed by atoms with E-state index in [2.05, 4.69) is 4.98 Å². The zero-order chi connectivity index (χ0) is 14.9. The van der Waals surface area contributed by atoms with E-state index in [9.17, 15) is 4.39 Å². The molecule has 0 amide bonds. The van der Waals surface area contributed by atoms with Crippen LogP contribution >= 0.6 is 0 Å². The van der Waals surface area contributed by atoms with E-state index in [4.69, 9.17) is 15.2 Å². The molecule has 1 aromatic carbocycles. The third kappa shape index (κ3) is 2.45. The van der Waals surface area contributed by atoms with Gasteiger partial charge in [-0.1, -0.05) is 13.0 Å². The minimum atomic E-state index is -0.788. The van der Waals surface area contributed by atoms with Crippen LogP contribution in [0.1, 0.15) is 24.6 Å². The second kappa shape index (κ2) is 5.33. The lowest BCUT2D eigenvalue weighted by Crippen LogP contribution is -2.38. The summed E-state index contributed by atoms with van der Waals surface area (Å²) in [7, 11) is 0. The summed E-state index contributed by atoms with van der Waals surface area (Å²) in [5.41, 5.74) is 7.25. The number of aromatic nitrogens is 1. The van der Waals surface area contributed by atoms with E-state index in [1.807, 2.05) is 25.1 Å². The van der Waals surface area contributed by atoms with Crippen molar-refractivity contribution in [3.63, 3.8) is 0 Å². The number of hydrogen-bond donors (Lipinski definition) is 1. The minimum absolute atomic E-state index is 0.376. The van der Waals surface area contributed by atoms with Crippen molar-refractivity contribution in [3.8, 4) is 11.5 Å². The molecular weight excluding hydrogens is 271 g/mol. The summed E-state index contributed by atoms with van der Waals surface area (Å²) in [4.78, 5) is 4.14. The highest BCUT2D eigenvalue weighted by molar-refractivity contribution is 5.47. The molecule has 1 aromatic heterocycles. The highest BCUT2D eigenvalue weighted by Gasteiger charge is 2.30. The van der Waals surface area contributed by atoms with Crippen LogP contribution in [0.4, 0.5) is 4.39 Å². The first-order chi connectivity index (χ1) is 10.1. The standard InChI is InChI=1S/C16H17FN2O2/c1-2-16(18,15-6-4-12(17)10-19-15)11-3-5-13-14(9-11)21-8-7-20-13/h3-6,9-10H,2,7-8,18H2,1H3. The summed E-state index contributed by atoms with van der Waals surface area (Å²) in [6.45, 7) is 3.05. The fourth-order valence-electron chi connectivity index (χ4n) is 2.49. The molecule has 0 aliphatic carbocycles. The van der Waals surface area contributed by atoms with E-state index in [0.29, 0.717) is 31.1 Å². The number of hydrogen-bond acceptors (Lipinski definition) is 4. The summed E-state index contributed by atoms with van der Waals surface area (Å²) >= 11 is 0. The number of nitrogens with two attached hydrogens (primary N) is 1. The lowest BCUT2D eigenvalue weighted by atomic mass is 9.84. The maximum Gasteiger partial charge on any atom is 0.161 e. The average Bonchev–Trinajstić information content (AvgIpc) is 2.54. The Labute approximate surface area is 122 Å². The van der Waals surface area contributed by atoms with E-state index in [1.54, 1.807) is 6.07 Å². The summed E-state index contributed by atoms with van der Waals surface area (Å²) in [5.74, 6) is 1.03. The average molecular weight is 288 g/mol. The van der Waals surface area contributed by atoms with Gasteiger partial charge in [0.1, 0.15) is 19.0 Å². The Morgan fingerprint density at radius 1 is 1.19 bits per heavy atom. The van der Waals surface area contributed by atoms with Gasteiger partial charge in [0.25, 0.3) is 0 Å². The van der Waals surface area contributed by atoms with Crippen molar-refractivity contribution in [2.45, 2.75) is 18.9 Å². The van der Waals surface area contributed by atoms with Gasteiger partial charge < -0.3 is 15.2 Å². The molecule has 0 bridgehead atoms. The zero-order valence-electron chi connectivity index (χ0n) is 11.8. The lowest BCUT2D eigenvalue weighted by Gasteiger charge is -2.29. The molecule has 0 saturated carbocycles. The van der Waals surface area contributed by atoms with Crippen LogP contribution in [0.3, 0.4) is 0 Å². The van der Waals surface area contributed by atoms with E-state index >= 15 is 0 Å². The van der Waals surface area contributed by atoms with Gasteiger partial charge in [-0.25, -0.2) is 4.39 Å². The van der Waals surface area contributed by atoms with Crippen LogP contribution in [-0.4, -0.2) is 18.2 Å². The van der Waals surface area contributed by atoms with Gasteiger partial charge in [-0.2, -0.15) is 0 Å². The topological polar surface area (TPSA) is 57.4 Å². The van der Waals surface area contributed by atoms with Gasteiger partial charge in [0.2, 0.25) is 0 Å². The van der Waals surface area contributed by atoms with Crippen LogP contribution in [0.5, 0.6) is 11.5 Å². The van der Waals surface area contributed by atoms with Gasteiger partial charge in [0.05, 0.1) is 17.4 Å². The maximum absolute atomic E-state index is 13.1. The van der Waals surface area contributed by atoms with Gasteiger partial charge in [-0.05, 0) is 36.2 Å². The molecule has 2 aromatic rings. The third-order valence-corrected chi connectivity index (χ3v) is 3.80. The van der Waals surface area contributed by atoms with Gasteiger partial charge >= 0.3 is 0 Å². The summed E-state index contributed by atoms with van der Waals surface area (Å²) in [6, 6.07) is 8.63. The predicted molar refractivity (Wildman–Crippen MR) is 76.9 cm³/mol. The van der Waals surface area contributed by atoms with Crippen molar-refractivity contribution in [1.82, 2.24) is 4.98 Å². The second-order valence-electron chi connectivity index (χ2n) is 5.05. The first kappa shape index (κ1) is 13.8. The number of nitrogens with zero attached hydrogens (tertiary/aromatic N) is 1. The lowest BCUT2D eigenvalue weighted by molar-refractivity contribution is 0.171. The Hall–Kier alpha value is -2.14. The number of ether oxygens (including phenoxy) is 2. The monoisotopic (exact) mass is 288 g/mol. The van der Waals surface area contributed by atoms with Crippen molar-refractivity contribution in [2.24, 2.45) is 5.73 Å². The largest absolute Gasteiger partial charge is 0.486 e. The molecule has 2 N–H and O–H groups in total. The third-order valence-electron chi connectivity index (χ3n) is 3.80. The van der Waals surface area contributed by atoms with E-state index < -0.39 is 5.54 Å². The highest BCUT2D eigenvalue weighted by Crippen LogP contribution is 2.36. The van der Waals surface area contributed by atoms with Crippen molar-refractivity contribution >= 4 is 0 Å². The fraction of sp³-hybridized carbons (Fsp3) is 0.312. The molecule has 0 saturated heterocycles. The number of fused-ring (bicyclic) bond motifs is 1. The number of pyridine rings is 1. The zero-order valence-corrected chi connectivity index (χ0v) is 11.8. The molecule has 1 unspecified atom stereocenters. The Kier molecular flexibility index (Phi) is 3.51. The Morgan fingerprint density at radius 3 is 2.62 bits per heavy atom. The Morgan fingerprint density at radius 2 is 1.95 bits per heavy atom. The number of benzene rings is 1. The summed E-state index contributed by atoms with van der Waals surface area (Å²) in [5, 5.41) is 0. The molecule has 1 aliphatic heterocycles. The number of rotatable bonds is 3. The molecule has 4 nitrogen and oxygen atoms in total. The van der Waals surface area contributed by atoms with Crippen LogP contribution in [0, 0.1) is 5.82 Å². The molecule has 5 heteroatoms. The van der Waals surface area contributed by atoms with Crippen LogP contribution in [0.25, 0.3) is 0 Å². The SMILES string of the molecule is CCC(N)(c1ccc2c(c1)OCCO2)c1ccc(F)cn1. The van der Waals surface area contributed by atoms with Gasteiger partial charge in [0.15, 0.2) is 11.5 Å². The molecule has 1 atom stereocenters. The predicted octanol–water partition coefficient (Wildman–Crippen LogP) is 2.60. The van der Waals surface area contributed by atoms with E-state index in [0.717, 1.165) is 11.3 Å². The van der Waals surface area contributed by atoms with Gasteiger partial charge in [0, 0.05) is 0 Å². The Balaban J connectivity index is 2.04. The Bertz CT molecular complexity index is 645. The molecule has 110 valence electrons. The van der Waals surface area contributed by atoms with Crippen LogP contribution in [-0.2, 0) is 5.54 Å². The molecule has 1 aliphatic rings. The minimum Gasteiger partial charge on any atom is -0.486 e. The molecule has 0 radical (unpaired) electrons. The smallest absolute Gasteiger partial charge is 0.161 e. The van der Waals surface area contributed by atoms with E-state index in [1.165, 1.54) is 12.3 Å². The summed E-state index contributed by atoms with van der Waals surface area (Å²) < 4.78 is 24.2. The molecule has 3 rings (SSSR count). The van der Waals surface area contributed by atoms with Crippen molar-refractivity contribution < 1.29 is 13.9 Å². The first-order valence-corrected chi connectivity index (χ1v) is 6.94. The van der Waals surface area contributed by atoms with Crippen LogP contribution < -0.4 is 15.2 Å². The van der Waals surface area contributed by atoms with Crippen LogP contribution in [0.2, 0.25) is 0 Å². The highest BCUT2D eigenvalue weighted by atomic mass is 19.1. The first-order valence-electron chi connectivity index (χ1n) is 6.94. The molecule has 21 heavy (non-hydrogen) atoms. The maximum atomic E-state index is 13.1. The van der Waals surface area contributed by atoms with Gasteiger partial charge in [-0.15, -0.1) is 0 Å². The van der Waals surface area contributed by atoms with Crippen molar-refractivity contribution in [3.05, 3.63) is 53.6 Å².